The van der Waals surface area contributed by atoms with Crippen molar-refractivity contribution in [2.24, 2.45) is 0 Å². The highest BCUT2D eigenvalue weighted by molar-refractivity contribution is 7.13. The lowest BCUT2D eigenvalue weighted by Gasteiger charge is -2.08. The van der Waals surface area contributed by atoms with E-state index in [0.717, 1.165) is 11.3 Å². The molecule has 28 heavy (non-hydrogen) atoms. The molecule has 0 radical (unpaired) electrons. The second-order valence-electron chi connectivity index (χ2n) is 6.42. The van der Waals surface area contributed by atoms with Gasteiger partial charge in [-0.05, 0) is 30.5 Å². The van der Waals surface area contributed by atoms with Crippen LogP contribution >= 0.6 is 11.3 Å². The molecule has 2 aromatic rings. The first kappa shape index (κ1) is 19.8. The van der Waals surface area contributed by atoms with Gasteiger partial charge in [0.15, 0.2) is 5.13 Å². The molecule has 3 amide bonds. The van der Waals surface area contributed by atoms with Gasteiger partial charge in [-0.25, -0.2) is 4.98 Å². The number of methoxy groups -OCH3 is 1. The number of nitrogens with zero attached hydrogens (tertiary/aromatic N) is 1. The second kappa shape index (κ2) is 9.32. The molecule has 148 valence electrons. The molecule has 1 unspecified atom stereocenters. The summed E-state index contributed by atoms with van der Waals surface area (Å²) in [5.41, 5.74) is 1.67. The van der Waals surface area contributed by atoms with Crippen molar-refractivity contribution in [1.82, 2.24) is 15.6 Å². The maximum atomic E-state index is 12.1. The fraction of sp³-hybridized carbons (Fsp3) is 0.368. The van der Waals surface area contributed by atoms with E-state index in [4.69, 9.17) is 4.74 Å². The molecule has 0 spiro atoms. The lowest BCUT2D eigenvalue weighted by Crippen LogP contribution is -2.37. The Hall–Kier alpha value is -2.94. The van der Waals surface area contributed by atoms with Crippen molar-refractivity contribution in [3.63, 3.8) is 0 Å². The first-order chi connectivity index (χ1) is 13.5. The van der Waals surface area contributed by atoms with E-state index in [1.54, 1.807) is 12.5 Å². The molecular formula is C19H22N4O4S. The highest BCUT2D eigenvalue weighted by Crippen LogP contribution is 2.17. The van der Waals surface area contributed by atoms with Gasteiger partial charge in [-0.2, -0.15) is 0 Å². The first-order valence-electron chi connectivity index (χ1n) is 8.98. The monoisotopic (exact) mass is 402 g/mol. The van der Waals surface area contributed by atoms with Gasteiger partial charge in [0.05, 0.1) is 19.2 Å². The molecular weight excluding hydrogens is 380 g/mol. The molecule has 1 atom stereocenters. The van der Waals surface area contributed by atoms with Gasteiger partial charge >= 0.3 is 0 Å². The zero-order valence-electron chi connectivity index (χ0n) is 15.5. The molecule has 8 nitrogen and oxygen atoms in total. The third-order valence-electron chi connectivity index (χ3n) is 4.31. The van der Waals surface area contributed by atoms with Crippen molar-refractivity contribution in [2.75, 3.05) is 19.0 Å². The Morgan fingerprint density at radius 1 is 1.39 bits per heavy atom. The smallest absolute Gasteiger partial charge is 0.248 e. The minimum atomic E-state index is -0.514. The molecule has 3 N–H and O–H groups in total. The number of anilines is 1. The first-order valence-corrected chi connectivity index (χ1v) is 9.85. The van der Waals surface area contributed by atoms with E-state index in [-0.39, 0.29) is 24.1 Å². The second-order valence-corrected chi connectivity index (χ2v) is 7.28. The van der Waals surface area contributed by atoms with Crippen molar-refractivity contribution >= 4 is 34.2 Å². The van der Waals surface area contributed by atoms with Crippen LogP contribution in [0.1, 0.15) is 24.1 Å². The number of thiazole rings is 1. The summed E-state index contributed by atoms with van der Waals surface area (Å²) in [7, 11) is 1.62. The van der Waals surface area contributed by atoms with Crippen LogP contribution in [0.4, 0.5) is 5.13 Å². The van der Waals surface area contributed by atoms with Gasteiger partial charge in [0.2, 0.25) is 17.7 Å². The van der Waals surface area contributed by atoms with Crippen LogP contribution in [0.15, 0.2) is 29.6 Å². The van der Waals surface area contributed by atoms with E-state index in [9.17, 15) is 14.4 Å². The van der Waals surface area contributed by atoms with Gasteiger partial charge < -0.3 is 20.7 Å². The molecule has 2 heterocycles. The van der Waals surface area contributed by atoms with Crippen molar-refractivity contribution in [2.45, 2.75) is 31.7 Å². The van der Waals surface area contributed by atoms with Crippen LogP contribution in [0.5, 0.6) is 5.75 Å². The number of ether oxygens (including phenoxy) is 1. The molecule has 1 aliphatic heterocycles. The normalized spacial score (nSPS) is 15.8. The highest BCUT2D eigenvalue weighted by Gasteiger charge is 2.27. The van der Waals surface area contributed by atoms with Crippen LogP contribution in [0.25, 0.3) is 0 Å². The van der Waals surface area contributed by atoms with Gasteiger partial charge in [-0.15, -0.1) is 11.3 Å². The van der Waals surface area contributed by atoms with Gasteiger partial charge in [0.1, 0.15) is 11.8 Å². The van der Waals surface area contributed by atoms with E-state index in [2.05, 4.69) is 20.9 Å². The van der Waals surface area contributed by atoms with E-state index in [1.807, 2.05) is 24.3 Å². The van der Waals surface area contributed by atoms with Crippen LogP contribution < -0.4 is 20.7 Å². The Kier molecular flexibility index (Phi) is 6.59. The molecule has 3 rings (SSSR count). The third-order valence-corrected chi connectivity index (χ3v) is 5.11. The number of hydrogen-bond donors (Lipinski definition) is 3. The molecule has 0 saturated carbocycles. The standard InChI is InChI=1S/C19H22N4O4S/c1-27-14-4-2-3-12(9-14)7-8-20-17(25)10-13-11-28-19(21-13)23-18(26)15-5-6-16(24)22-15/h2-4,9,11,15H,5-8,10H2,1H3,(H,20,25)(H,22,24)(H,21,23,26). The molecule has 1 aliphatic rings. The lowest BCUT2D eigenvalue weighted by atomic mass is 10.1. The summed E-state index contributed by atoms with van der Waals surface area (Å²) in [5.74, 6) is 0.257. The predicted octanol–water partition coefficient (Wildman–Crippen LogP) is 1.27. The van der Waals surface area contributed by atoms with Gasteiger partial charge in [0, 0.05) is 18.3 Å². The van der Waals surface area contributed by atoms with Crippen LogP contribution in [0, 0.1) is 0 Å². The van der Waals surface area contributed by atoms with Gasteiger partial charge in [-0.3, -0.25) is 14.4 Å². The minimum absolute atomic E-state index is 0.120. The topological polar surface area (TPSA) is 109 Å². The van der Waals surface area contributed by atoms with Crippen LogP contribution in [0.2, 0.25) is 0 Å². The van der Waals surface area contributed by atoms with E-state index >= 15 is 0 Å². The van der Waals surface area contributed by atoms with Crippen molar-refractivity contribution in [1.29, 1.82) is 0 Å². The number of rotatable bonds is 8. The number of carbonyl (C=O) groups is 3. The average molecular weight is 402 g/mol. The Morgan fingerprint density at radius 3 is 3.00 bits per heavy atom. The molecule has 9 heteroatoms. The largest absolute Gasteiger partial charge is 0.497 e. The van der Waals surface area contributed by atoms with Crippen molar-refractivity contribution in [3.8, 4) is 5.75 Å². The fourth-order valence-electron chi connectivity index (χ4n) is 2.85. The minimum Gasteiger partial charge on any atom is -0.497 e. The van der Waals surface area contributed by atoms with Crippen LogP contribution in [-0.2, 0) is 27.2 Å². The summed E-state index contributed by atoms with van der Waals surface area (Å²) in [4.78, 5) is 39.6. The number of hydrogen-bond acceptors (Lipinski definition) is 6. The van der Waals surface area contributed by atoms with Crippen LogP contribution in [0.3, 0.4) is 0 Å². The van der Waals surface area contributed by atoms with Gasteiger partial charge in [0.25, 0.3) is 0 Å². The maximum absolute atomic E-state index is 12.1. The molecule has 0 bridgehead atoms. The summed E-state index contributed by atoms with van der Waals surface area (Å²) < 4.78 is 5.18. The Balaban J connectivity index is 1.42. The SMILES string of the molecule is COc1cccc(CCNC(=O)Cc2csc(NC(=O)C3CCC(=O)N3)n2)c1. The molecule has 1 aromatic heterocycles. The van der Waals surface area contributed by atoms with Crippen molar-refractivity contribution < 1.29 is 19.1 Å². The van der Waals surface area contributed by atoms with Gasteiger partial charge in [-0.1, -0.05) is 12.1 Å². The predicted molar refractivity (Wildman–Crippen MR) is 105 cm³/mol. The third kappa shape index (κ3) is 5.53. The highest BCUT2D eigenvalue weighted by atomic mass is 32.1. The number of benzene rings is 1. The average Bonchev–Trinajstić information content (AvgIpc) is 3.31. The number of aromatic nitrogens is 1. The summed E-state index contributed by atoms with van der Waals surface area (Å²) in [5, 5.41) is 10.3. The number of nitrogens with one attached hydrogen (secondary N) is 3. The summed E-state index contributed by atoms with van der Waals surface area (Å²) >= 11 is 1.25. The lowest BCUT2D eigenvalue weighted by molar-refractivity contribution is -0.122. The fourth-order valence-corrected chi connectivity index (χ4v) is 3.56. The van der Waals surface area contributed by atoms with Crippen LogP contribution in [-0.4, -0.2) is 42.4 Å². The molecule has 0 aliphatic carbocycles. The number of carbonyl (C=O) groups excluding carboxylic acids is 3. The molecule has 1 saturated heterocycles. The Labute approximate surface area is 166 Å². The summed E-state index contributed by atoms with van der Waals surface area (Å²) in [6, 6.07) is 7.20. The van der Waals surface area contributed by atoms with E-state index in [0.29, 0.717) is 36.6 Å². The number of amides is 3. The van der Waals surface area contributed by atoms with E-state index < -0.39 is 6.04 Å². The van der Waals surface area contributed by atoms with Crippen molar-refractivity contribution in [3.05, 3.63) is 40.9 Å². The maximum Gasteiger partial charge on any atom is 0.248 e. The van der Waals surface area contributed by atoms with E-state index in [1.165, 1.54) is 11.3 Å². The molecule has 1 aromatic carbocycles. The summed E-state index contributed by atoms with van der Waals surface area (Å²) in [6.45, 7) is 0.515. The Morgan fingerprint density at radius 2 is 2.25 bits per heavy atom. The summed E-state index contributed by atoms with van der Waals surface area (Å²) in [6.07, 6.45) is 1.69. The zero-order chi connectivity index (χ0) is 19.9. The Bertz CT molecular complexity index is 867. The quantitative estimate of drug-likeness (QED) is 0.616. The molecule has 1 fully saturated rings. The zero-order valence-corrected chi connectivity index (χ0v) is 16.3.